The topological polar surface area (TPSA) is 60.9 Å². The molecule has 0 radical (unpaired) electrons. The largest absolute Gasteiger partial charge is 0.396 e. The number of hydrogen-bond acceptors (Lipinski definition) is 4. The lowest BCUT2D eigenvalue weighted by Crippen LogP contribution is -2.32. The van der Waals surface area contributed by atoms with Crippen LogP contribution in [0.2, 0.25) is 0 Å². The number of aliphatic hydroxyl groups excluding tert-OH is 1. The van der Waals surface area contributed by atoms with Crippen LogP contribution in [-0.2, 0) is 0 Å². The number of thioether (sulfide) groups is 1. The molecule has 5 heteroatoms. The lowest BCUT2D eigenvalue weighted by atomic mass is 10.2. The predicted octanol–water partition coefficient (Wildman–Crippen LogP) is 2.71. The van der Waals surface area contributed by atoms with Crippen molar-refractivity contribution >= 4 is 22.8 Å². The molecule has 0 saturated heterocycles. The molecule has 3 N–H and O–H groups in total. The monoisotopic (exact) mass is 293 g/mol. The number of H-pyrrole nitrogens is 1. The number of aromatic nitrogens is 2. The number of rotatable bonds is 8. The molecule has 2 rings (SSSR count). The highest BCUT2D eigenvalue weighted by Crippen LogP contribution is 2.21. The number of nitrogens with one attached hydrogen (secondary N) is 2. The summed E-state index contributed by atoms with van der Waals surface area (Å²) in [5, 5.41) is 13.5. The van der Waals surface area contributed by atoms with Gasteiger partial charge in [0.05, 0.1) is 11.0 Å². The van der Waals surface area contributed by atoms with Crippen molar-refractivity contribution < 1.29 is 5.11 Å². The molecule has 0 amide bonds. The third-order valence-corrected chi connectivity index (χ3v) is 4.23. The first-order chi connectivity index (χ1) is 9.72. The van der Waals surface area contributed by atoms with E-state index in [9.17, 15) is 0 Å². The fourth-order valence-electron chi connectivity index (χ4n) is 2.10. The molecule has 0 aliphatic rings. The molecule has 0 aliphatic carbocycles. The van der Waals surface area contributed by atoms with Gasteiger partial charge in [-0.05, 0) is 44.0 Å². The molecule has 110 valence electrons. The Bertz CT molecular complexity index is 541. The second-order valence-electron chi connectivity index (χ2n) is 5.04. The third kappa shape index (κ3) is 4.23. The van der Waals surface area contributed by atoms with E-state index in [0.29, 0.717) is 6.04 Å². The van der Waals surface area contributed by atoms with Crippen LogP contribution >= 0.6 is 11.8 Å². The number of hydrogen-bond donors (Lipinski definition) is 3. The molecule has 1 atom stereocenters. The van der Waals surface area contributed by atoms with Crippen molar-refractivity contribution in [2.45, 2.75) is 37.9 Å². The highest BCUT2D eigenvalue weighted by Gasteiger charge is 2.10. The Hall–Kier alpha value is -1.04. The van der Waals surface area contributed by atoms with E-state index < -0.39 is 0 Å². The molecule has 2 aromatic rings. The lowest BCUT2D eigenvalue weighted by Gasteiger charge is -2.16. The van der Waals surface area contributed by atoms with Crippen LogP contribution in [0.3, 0.4) is 0 Å². The standard InChI is InChI=1S/C15H23N3OS/c1-3-7-16-12(6-8-19)10-20-15-17-13-5-4-11(2)9-14(13)18-15/h4-5,9,12,16,19H,3,6-8,10H2,1-2H3,(H,17,18). The molecule has 1 aromatic heterocycles. The van der Waals surface area contributed by atoms with Crippen molar-refractivity contribution in [3.63, 3.8) is 0 Å². The maximum absolute atomic E-state index is 9.11. The first-order valence-corrected chi connectivity index (χ1v) is 8.15. The van der Waals surface area contributed by atoms with Gasteiger partial charge in [0.25, 0.3) is 0 Å². The van der Waals surface area contributed by atoms with Crippen molar-refractivity contribution in [1.29, 1.82) is 0 Å². The maximum atomic E-state index is 9.11. The summed E-state index contributed by atoms with van der Waals surface area (Å²) in [6.07, 6.45) is 1.89. The fourth-order valence-corrected chi connectivity index (χ4v) is 3.09. The Kier molecular flexibility index (Phi) is 5.88. The van der Waals surface area contributed by atoms with Crippen LogP contribution in [0, 0.1) is 6.92 Å². The minimum Gasteiger partial charge on any atom is -0.396 e. The van der Waals surface area contributed by atoms with E-state index in [1.54, 1.807) is 11.8 Å². The summed E-state index contributed by atoms with van der Waals surface area (Å²) in [4.78, 5) is 7.93. The highest BCUT2D eigenvalue weighted by atomic mass is 32.2. The number of benzene rings is 1. The number of nitrogens with zero attached hydrogens (tertiary/aromatic N) is 1. The van der Waals surface area contributed by atoms with Gasteiger partial charge in [-0.2, -0.15) is 0 Å². The molecule has 0 spiro atoms. The predicted molar refractivity (Wildman–Crippen MR) is 85.3 cm³/mol. The Labute approximate surface area is 124 Å². The second kappa shape index (κ2) is 7.67. The number of aromatic amines is 1. The third-order valence-electron chi connectivity index (χ3n) is 3.20. The second-order valence-corrected chi connectivity index (χ2v) is 6.05. The number of fused-ring (bicyclic) bond motifs is 1. The molecule has 1 heterocycles. The van der Waals surface area contributed by atoms with Gasteiger partial charge >= 0.3 is 0 Å². The van der Waals surface area contributed by atoms with Crippen LogP contribution in [0.15, 0.2) is 23.4 Å². The summed E-state index contributed by atoms with van der Waals surface area (Å²) in [6, 6.07) is 6.58. The van der Waals surface area contributed by atoms with Gasteiger partial charge in [0.15, 0.2) is 5.16 Å². The van der Waals surface area contributed by atoms with Gasteiger partial charge in [0.2, 0.25) is 0 Å². The number of aryl methyl sites for hydroxylation is 1. The van der Waals surface area contributed by atoms with Crippen LogP contribution in [0.1, 0.15) is 25.3 Å². The first-order valence-electron chi connectivity index (χ1n) is 7.16. The molecular weight excluding hydrogens is 270 g/mol. The summed E-state index contributed by atoms with van der Waals surface area (Å²) in [7, 11) is 0. The average molecular weight is 293 g/mol. The van der Waals surface area contributed by atoms with Crippen LogP contribution < -0.4 is 5.32 Å². The molecule has 0 bridgehead atoms. The van der Waals surface area contributed by atoms with E-state index in [1.165, 1.54) is 5.56 Å². The van der Waals surface area contributed by atoms with Gasteiger partial charge in [-0.25, -0.2) is 4.98 Å². The zero-order valence-corrected chi connectivity index (χ0v) is 13.0. The molecule has 0 fully saturated rings. The summed E-state index contributed by atoms with van der Waals surface area (Å²) in [6.45, 7) is 5.45. The van der Waals surface area contributed by atoms with Gasteiger partial charge in [0.1, 0.15) is 0 Å². The van der Waals surface area contributed by atoms with E-state index in [0.717, 1.165) is 41.3 Å². The number of aliphatic hydroxyl groups is 1. The van der Waals surface area contributed by atoms with Gasteiger partial charge in [-0.3, -0.25) is 0 Å². The zero-order valence-electron chi connectivity index (χ0n) is 12.1. The maximum Gasteiger partial charge on any atom is 0.166 e. The number of imidazole rings is 1. The van der Waals surface area contributed by atoms with Crippen LogP contribution in [0.5, 0.6) is 0 Å². The van der Waals surface area contributed by atoms with Crippen molar-refractivity contribution in [3.05, 3.63) is 23.8 Å². The summed E-state index contributed by atoms with van der Waals surface area (Å²) >= 11 is 1.71. The van der Waals surface area contributed by atoms with Crippen LogP contribution in [0.25, 0.3) is 11.0 Å². The molecule has 0 saturated carbocycles. The molecular formula is C15H23N3OS. The molecule has 0 aliphatic heterocycles. The summed E-state index contributed by atoms with van der Waals surface area (Å²) in [5.74, 6) is 0.916. The Balaban J connectivity index is 1.96. The molecule has 20 heavy (non-hydrogen) atoms. The molecule has 4 nitrogen and oxygen atoms in total. The highest BCUT2D eigenvalue weighted by molar-refractivity contribution is 7.99. The minimum absolute atomic E-state index is 0.223. The quantitative estimate of drug-likeness (QED) is 0.655. The van der Waals surface area contributed by atoms with Crippen molar-refractivity contribution in [3.8, 4) is 0 Å². The fraction of sp³-hybridized carbons (Fsp3) is 0.533. The van der Waals surface area contributed by atoms with E-state index in [2.05, 4.69) is 41.3 Å². The van der Waals surface area contributed by atoms with Gasteiger partial charge < -0.3 is 15.4 Å². The lowest BCUT2D eigenvalue weighted by molar-refractivity contribution is 0.270. The van der Waals surface area contributed by atoms with Gasteiger partial charge in [0, 0.05) is 18.4 Å². The Morgan fingerprint density at radius 3 is 3.05 bits per heavy atom. The van der Waals surface area contributed by atoms with Crippen molar-refractivity contribution in [2.75, 3.05) is 18.9 Å². The van der Waals surface area contributed by atoms with Crippen molar-refractivity contribution in [2.24, 2.45) is 0 Å². The smallest absolute Gasteiger partial charge is 0.166 e. The van der Waals surface area contributed by atoms with Crippen LogP contribution in [0.4, 0.5) is 0 Å². The van der Waals surface area contributed by atoms with Crippen molar-refractivity contribution in [1.82, 2.24) is 15.3 Å². The van der Waals surface area contributed by atoms with Gasteiger partial charge in [-0.15, -0.1) is 0 Å². The Morgan fingerprint density at radius 1 is 1.45 bits per heavy atom. The van der Waals surface area contributed by atoms with E-state index in [1.807, 2.05) is 6.07 Å². The summed E-state index contributed by atoms with van der Waals surface area (Å²) in [5.41, 5.74) is 3.34. The minimum atomic E-state index is 0.223. The molecule has 1 aromatic carbocycles. The normalized spacial score (nSPS) is 12.9. The average Bonchev–Trinajstić information content (AvgIpc) is 2.83. The summed E-state index contributed by atoms with van der Waals surface area (Å²) < 4.78 is 0. The van der Waals surface area contributed by atoms with Gasteiger partial charge in [-0.1, -0.05) is 24.8 Å². The SMILES string of the molecule is CCCNC(CCO)CSc1nc2ccc(C)cc2[nH]1. The van der Waals surface area contributed by atoms with E-state index in [4.69, 9.17) is 5.11 Å². The Morgan fingerprint density at radius 2 is 2.30 bits per heavy atom. The zero-order chi connectivity index (χ0) is 14.4. The van der Waals surface area contributed by atoms with E-state index >= 15 is 0 Å². The van der Waals surface area contributed by atoms with Crippen LogP contribution in [-0.4, -0.2) is 40.0 Å². The van der Waals surface area contributed by atoms with E-state index in [-0.39, 0.29) is 6.61 Å². The first kappa shape index (κ1) is 15.4. The molecule has 1 unspecified atom stereocenters.